The van der Waals surface area contributed by atoms with E-state index in [4.69, 9.17) is 14.2 Å². The van der Waals surface area contributed by atoms with Crippen LogP contribution in [0.4, 0.5) is 10.7 Å². The molecule has 1 saturated heterocycles. The van der Waals surface area contributed by atoms with Gasteiger partial charge in [0.1, 0.15) is 23.9 Å². The zero-order chi connectivity index (χ0) is 24.6. The minimum absolute atomic E-state index is 0.359. The Hall–Kier alpha value is -4.05. The Morgan fingerprint density at radius 2 is 1.66 bits per heavy atom. The van der Waals surface area contributed by atoms with E-state index in [0.29, 0.717) is 48.0 Å². The number of thioether (sulfide) groups is 1. The first-order valence-electron chi connectivity index (χ1n) is 10.9. The smallest absolute Gasteiger partial charge is 0.290 e. The quantitative estimate of drug-likeness (QED) is 0.410. The average molecular weight is 493 g/mol. The van der Waals surface area contributed by atoms with E-state index in [0.717, 1.165) is 23.1 Å². The van der Waals surface area contributed by atoms with Gasteiger partial charge in [0.05, 0.1) is 18.1 Å². The topological polar surface area (TPSA) is 103 Å². The standard InChI is InChI=1S/C25H24N4O5S/c1-3-32-18-8-10-20(11-9-18)34-22-12-13-26-24(27-22)29(2)14-15-33-19-6-4-17(5-7-19)16-21-23(30)28-25(31)35-21/h4-13,16H,3,14-15H2,1-2H3,(H,28,30,31)/b21-16-. The van der Waals surface area contributed by atoms with Crippen LogP contribution in [0.1, 0.15) is 12.5 Å². The fourth-order valence-electron chi connectivity index (χ4n) is 3.10. The number of carbonyl (C=O) groups is 2. The summed E-state index contributed by atoms with van der Waals surface area (Å²) in [5, 5.41) is 1.88. The maximum Gasteiger partial charge on any atom is 0.290 e. The van der Waals surface area contributed by atoms with Crippen LogP contribution in [-0.2, 0) is 4.79 Å². The lowest BCUT2D eigenvalue weighted by Crippen LogP contribution is -2.25. The van der Waals surface area contributed by atoms with Gasteiger partial charge < -0.3 is 19.1 Å². The summed E-state index contributed by atoms with van der Waals surface area (Å²) < 4.78 is 17.1. The SMILES string of the molecule is CCOc1ccc(Oc2ccnc(N(C)CCOc3ccc(/C=C4\SC(=O)NC4=O)cc3)n2)cc1. The molecule has 180 valence electrons. The maximum absolute atomic E-state index is 11.7. The van der Waals surface area contributed by atoms with Gasteiger partial charge in [0, 0.05) is 19.3 Å². The monoisotopic (exact) mass is 492 g/mol. The van der Waals surface area contributed by atoms with Crippen molar-refractivity contribution >= 4 is 34.9 Å². The molecule has 2 heterocycles. The summed E-state index contributed by atoms with van der Waals surface area (Å²) in [6.45, 7) is 3.51. The van der Waals surface area contributed by atoms with Crippen LogP contribution in [0.2, 0.25) is 0 Å². The number of imide groups is 1. The highest BCUT2D eigenvalue weighted by molar-refractivity contribution is 8.18. The number of carbonyl (C=O) groups excluding carboxylic acids is 2. The van der Waals surface area contributed by atoms with E-state index in [-0.39, 0.29) is 11.1 Å². The molecule has 1 aromatic heterocycles. The highest BCUT2D eigenvalue weighted by Crippen LogP contribution is 2.26. The summed E-state index contributed by atoms with van der Waals surface area (Å²) in [7, 11) is 1.88. The number of likely N-dealkylation sites (N-methyl/N-ethyl adjacent to an activating group) is 1. The van der Waals surface area contributed by atoms with Gasteiger partial charge in [-0.3, -0.25) is 14.9 Å². The largest absolute Gasteiger partial charge is 0.494 e. The number of anilines is 1. The Labute approximate surface area is 207 Å². The van der Waals surface area contributed by atoms with Crippen LogP contribution in [0.5, 0.6) is 23.1 Å². The summed E-state index contributed by atoms with van der Waals surface area (Å²) in [5.74, 6) is 2.70. The number of hydrogen-bond acceptors (Lipinski definition) is 9. The fraction of sp³-hybridized carbons (Fsp3) is 0.200. The molecule has 35 heavy (non-hydrogen) atoms. The molecule has 3 aromatic rings. The van der Waals surface area contributed by atoms with E-state index in [1.165, 1.54) is 0 Å². The van der Waals surface area contributed by atoms with Crippen molar-refractivity contribution in [2.45, 2.75) is 6.92 Å². The minimum Gasteiger partial charge on any atom is -0.494 e. The molecule has 0 saturated carbocycles. The van der Waals surface area contributed by atoms with Gasteiger partial charge in [-0.2, -0.15) is 4.98 Å². The second kappa shape index (κ2) is 11.4. The molecule has 0 radical (unpaired) electrons. The molecule has 0 unspecified atom stereocenters. The molecule has 1 aliphatic rings. The van der Waals surface area contributed by atoms with Crippen molar-refractivity contribution in [1.82, 2.24) is 15.3 Å². The molecule has 0 atom stereocenters. The number of aromatic nitrogens is 2. The number of hydrogen-bond donors (Lipinski definition) is 1. The van der Waals surface area contributed by atoms with Crippen molar-refractivity contribution < 1.29 is 23.8 Å². The number of nitrogens with one attached hydrogen (secondary N) is 1. The molecular weight excluding hydrogens is 468 g/mol. The molecule has 2 amide bonds. The third-order valence-corrected chi connectivity index (χ3v) is 5.64. The van der Waals surface area contributed by atoms with Crippen molar-refractivity contribution in [3.63, 3.8) is 0 Å². The zero-order valence-corrected chi connectivity index (χ0v) is 20.1. The molecule has 4 rings (SSSR count). The van der Waals surface area contributed by atoms with Crippen LogP contribution < -0.4 is 24.4 Å². The predicted octanol–water partition coefficient (Wildman–Crippen LogP) is 4.51. The van der Waals surface area contributed by atoms with Crippen molar-refractivity contribution in [3.8, 4) is 23.1 Å². The van der Waals surface area contributed by atoms with Crippen molar-refractivity contribution in [1.29, 1.82) is 0 Å². The summed E-state index contributed by atoms with van der Waals surface area (Å²) in [6.07, 6.45) is 3.31. The Morgan fingerprint density at radius 1 is 0.971 bits per heavy atom. The highest BCUT2D eigenvalue weighted by atomic mass is 32.2. The van der Waals surface area contributed by atoms with Gasteiger partial charge in [-0.25, -0.2) is 4.98 Å². The Balaban J connectivity index is 1.28. The lowest BCUT2D eigenvalue weighted by molar-refractivity contribution is -0.115. The molecule has 1 aliphatic heterocycles. The molecule has 9 nitrogen and oxygen atoms in total. The van der Waals surface area contributed by atoms with Gasteiger partial charge in [0.15, 0.2) is 0 Å². The molecule has 1 fully saturated rings. The lowest BCUT2D eigenvalue weighted by Gasteiger charge is -2.18. The van der Waals surface area contributed by atoms with Crippen molar-refractivity contribution in [3.05, 3.63) is 71.3 Å². The molecule has 2 aromatic carbocycles. The van der Waals surface area contributed by atoms with Crippen LogP contribution in [0.3, 0.4) is 0 Å². The van der Waals surface area contributed by atoms with E-state index in [9.17, 15) is 9.59 Å². The third kappa shape index (κ3) is 6.73. The van der Waals surface area contributed by atoms with Gasteiger partial charge in [0.25, 0.3) is 11.1 Å². The van der Waals surface area contributed by atoms with Crippen LogP contribution in [0.15, 0.2) is 65.7 Å². The summed E-state index contributed by atoms with van der Waals surface area (Å²) >= 11 is 0.890. The normalized spacial score (nSPS) is 14.1. The Bertz CT molecular complexity index is 1220. The number of rotatable bonds is 10. The minimum atomic E-state index is -0.375. The molecular formula is C25H24N4O5S. The van der Waals surface area contributed by atoms with Gasteiger partial charge in [-0.05, 0) is 66.7 Å². The van der Waals surface area contributed by atoms with E-state index >= 15 is 0 Å². The van der Waals surface area contributed by atoms with Crippen LogP contribution >= 0.6 is 11.8 Å². The first-order valence-corrected chi connectivity index (χ1v) is 11.7. The van der Waals surface area contributed by atoms with E-state index < -0.39 is 0 Å². The second-order valence-electron chi connectivity index (χ2n) is 7.39. The number of benzene rings is 2. The summed E-state index contributed by atoms with van der Waals surface area (Å²) in [5.41, 5.74) is 0.805. The maximum atomic E-state index is 11.7. The number of amides is 2. The molecule has 1 N–H and O–H groups in total. The average Bonchev–Trinajstić information content (AvgIpc) is 3.18. The zero-order valence-electron chi connectivity index (χ0n) is 19.3. The van der Waals surface area contributed by atoms with Crippen LogP contribution in [0.25, 0.3) is 6.08 Å². The lowest BCUT2D eigenvalue weighted by atomic mass is 10.2. The highest BCUT2D eigenvalue weighted by Gasteiger charge is 2.24. The Kier molecular flexibility index (Phi) is 7.84. The molecule has 0 bridgehead atoms. The van der Waals surface area contributed by atoms with Gasteiger partial charge >= 0.3 is 0 Å². The van der Waals surface area contributed by atoms with E-state index in [1.807, 2.05) is 67.4 Å². The van der Waals surface area contributed by atoms with Gasteiger partial charge in [0.2, 0.25) is 11.8 Å². The van der Waals surface area contributed by atoms with Crippen LogP contribution in [-0.4, -0.2) is 47.9 Å². The van der Waals surface area contributed by atoms with E-state index in [2.05, 4.69) is 15.3 Å². The first kappa shape index (κ1) is 24.1. The fourth-order valence-corrected chi connectivity index (χ4v) is 3.78. The first-order chi connectivity index (χ1) is 17.0. The van der Waals surface area contributed by atoms with Crippen LogP contribution in [0, 0.1) is 0 Å². The van der Waals surface area contributed by atoms with Gasteiger partial charge in [-0.15, -0.1) is 0 Å². The summed E-state index contributed by atoms with van der Waals surface area (Å²) in [4.78, 5) is 33.9. The second-order valence-corrected chi connectivity index (χ2v) is 8.41. The number of nitrogens with zero attached hydrogens (tertiary/aromatic N) is 3. The molecule has 10 heteroatoms. The third-order valence-electron chi connectivity index (χ3n) is 4.83. The van der Waals surface area contributed by atoms with Crippen molar-refractivity contribution in [2.24, 2.45) is 0 Å². The number of ether oxygens (including phenoxy) is 3. The van der Waals surface area contributed by atoms with Gasteiger partial charge in [-0.1, -0.05) is 12.1 Å². The van der Waals surface area contributed by atoms with Crippen molar-refractivity contribution in [2.75, 3.05) is 31.7 Å². The molecule has 0 spiro atoms. The Morgan fingerprint density at radius 3 is 2.34 bits per heavy atom. The van der Waals surface area contributed by atoms with E-state index in [1.54, 1.807) is 18.3 Å². The molecule has 0 aliphatic carbocycles. The summed E-state index contributed by atoms with van der Waals surface area (Å²) in [6, 6.07) is 16.3. The predicted molar refractivity (Wildman–Crippen MR) is 134 cm³/mol.